The Morgan fingerprint density at radius 2 is 1.97 bits per heavy atom. The normalized spacial score (nSPS) is 43.3. The predicted octanol–water partition coefficient (Wildman–Crippen LogP) is 4.27. The zero-order chi connectivity index (χ0) is 21.0. The van der Waals surface area contributed by atoms with Gasteiger partial charge in [-0.15, -0.1) is 6.42 Å². The van der Waals surface area contributed by atoms with E-state index in [1.54, 1.807) is 13.0 Å². The standard InChI is InChI=1S/C25H32O4/c1-5-24-11-9-19-18-8-7-17(28)13-21(18)20(15(3)26)14-22(19)23(24)10-12-25(24,6-2)29-16(4)27/h2,13,18-20,22-23H,5,7-12,14H2,1,3-4H3/t18?,19?,20-,22?,23?,24-,25-/m0/s1. The highest BCUT2D eigenvalue weighted by Gasteiger charge is 2.66. The van der Waals surface area contributed by atoms with E-state index in [0.717, 1.165) is 44.1 Å². The van der Waals surface area contributed by atoms with Crippen LogP contribution in [0.4, 0.5) is 0 Å². The van der Waals surface area contributed by atoms with Gasteiger partial charge >= 0.3 is 5.97 Å². The predicted molar refractivity (Wildman–Crippen MR) is 110 cm³/mol. The average molecular weight is 397 g/mol. The maximum absolute atomic E-state index is 12.6. The molecule has 156 valence electrons. The van der Waals surface area contributed by atoms with E-state index in [4.69, 9.17) is 11.2 Å². The van der Waals surface area contributed by atoms with E-state index in [9.17, 15) is 14.4 Å². The Morgan fingerprint density at radius 1 is 1.21 bits per heavy atom. The highest BCUT2D eigenvalue weighted by Crippen LogP contribution is 2.67. The minimum atomic E-state index is -0.826. The third kappa shape index (κ3) is 2.84. The van der Waals surface area contributed by atoms with E-state index in [1.165, 1.54) is 6.92 Å². The molecule has 0 amide bonds. The van der Waals surface area contributed by atoms with Crippen LogP contribution in [0.25, 0.3) is 0 Å². The van der Waals surface area contributed by atoms with E-state index in [2.05, 4.69) is 12.8 Å². The molecule has 0 aromatic rings. The Kier molecular flexibility index (Phi) is 5.00. The molecule has 3 saturated carbocycles. The number of terminal acetylenes is 1. The number of ether oxygens (including phenoxy) is 1. The fraction of sp³-hybridized carbons (Fsp3) is 0.720. The monoisotopic (exact) mass is 396 g/mol. The number of hydrogen-bond donors (Lipinski definition) is 0. The zero-order valence-electron chi connectivity index (χ0n) is 17.8. The zero-order valence-corrected chi connectivity index (χ0v) is 17.8. The van der Waals surface area contributed by atoms with Crippen molar-refractivity contribution in [3.05, 3.63) is 11.6 Å². The molecule has 29 heavy (non-hydrogen) atoms. The van der Waals surface area contributed by atoms with Crippen LogP contribution in [-0.4, -0.2) is 23.1 Å². The average Bonchev–Trinajstić information content (AvgIpc) is 3.01. The van der Waals surface area contributed by atoms with Gasteiger partial charge in [0, 0.05) is 24.7 Å². The quantitative estimate of drug-likeness (QED) is 0.528. The van der Waals surface area contributed by atoms with E-state index in [0.29, 0.717) is 36.5 Å². The SMILES string of the molecule is C#C[C@]1(OC(C)=O)CCC2C3C[C@@H](C(C)=O)C4=CC(=O)CCC4C3CC[C@@]21CC. The van der Waals surface area contributed by atoms with E-state index >= 15 is 0 Å². The number of ketones is 2. The number of allylic oxidation sites excluding steroid dienone is 1. The van der Waals surface area contributed by atoms with Crippen molar-refractivity contribution in [1.82, 2.24) is 0 Å². The summed E-state index contributed by atoms with van der Waals surface area (Å²) in [5.41, 5.74) is 0.0649. The Labute approximate surface area is 173 Å². The molecule has 0 radical (unpaired) electrons. The lowest BCUT2D eigenvalue weighted by Gasteiger charge is -2.57. The van der Waals surface area contributed by atoms with Crippen LogP contribution in [0.5, 0.6) is 0 Å². The first-order valence-electron chi connectivity index (χ1n) is 11.2. The van der Waals surface area contributed by atoms with Crippen LogP contribution < -0.4 is 0 Å². The summed E-state index contributed by atoms with van der Waals surface area (Å²) >= 11 is 0. The van der Waals surface area contributed by atoms with Gasteiger partial charge in [0.25, 0.3) is 0 Å². The van der Waals surface area contributed by atoms with Crippen LogP contribution in [0, 0.1) is 47.3 Å². The summed E-state index contributed by atoms with van der Waals surface area (Å²) in [5, 5.41) is 0. The molecule has 4 heteroatoms. The molecule has 0 saturated heterocycles. The van der Waals surface area contributed by atoms with Crippen LogP contribution in [-0.2, 0) is 19.1 Å². The fourth-order valence-electron chi connectivity index (χ4n) is 7.80. The lowest BCUT2D eigenvalue weighted by atomic mass is 9.48. The Morgan fingerprint density at radius 3 is 2.59 bits per heavy atom. The molecule has 0 bridgehead atoms. The summed E-state index contributed by atoms with van der Waals surface area (Å²) in [6.07, 6.45) is 14.6. The number of Topliss-reactive ketones (excluding diaryl/α,β-unsaturated/α-hetero) is 1. The van der Waals surface area contributed by atoms with Crippen molar-refractivity contribution in [3.63, 3.8) is 0 Å². The highest BCUT2D eigenvalue weighted by molar-refractivity contribution is 5.93. The molecule has 4 unspecified atom stereocenters. The molecule has 7 atom stereocenters. The summed E-state index contributed by atoms with van der Waals surface area (Å²) in [7, 11) is 0. The molecule has 0 heterocycles. The van der Waals surface area contributed by atoms with Gasteiger partial charge in [-0.05, 0) is 81.6 Å². The van der Waals surface area contributed by atoms with Gasteiger partial charge in [-0.1, -0.05) is 18.4 Å². The lowest BCUT2D eigenvalue weighted by molar-refractivity contribution is -0.171. The summed E-state index contributed by atoms with van der Waals surface area (Å²) in [4.78, 5) is 36.6. The van der Waals surface area contributed by atoms with Crippen LogP contribution >= 0.6 is 0 Å². The third-order valence-corrected chi connectivity index (χ3v) is 8.87. The van der Waals surface area contributed by atoms with Crippen LogP contribution in [0.1, 0.15) is 72.1 Å². The molecule has 0 aliphatic heterocycles. The molecular weight excluding hydrogens is 364 g/mol. The molecule has 4 nitrogen and oxygen atoms in total. The van der Waals surface area contributed by atoms with Crippen molar-refractivity contribution >= 4 is 17.5 Å². The van der Waals surface area contributed by atoms with Crippen LogP contribution in [0.3, 0.4) is 0 Å². The Hall–Kier alpha value is -1.89. The van der Waals surface area contributed by atoms with Crippen molar-refractivity contribution in [2.24, 2.45) is 35.0 Å². The Bertz CT molecular complexity index is 817. The van der Waals surface area contributed by atoms with Crippen LogP contribution in [0.15, 0.2) is 11.6 Å². The summed E-state index contributed by atoms with van der Waals surface area (Å²) in [5.74, 6) is 4.42. The van der Waals surface area contributed by atoms with Crippen molar-refractivity contribution in [3.8, 4) is 12.3 Å². The lowest BCUT2D eigenvalue weighted by Crippen LogP contribution is -2.56. The molecule has 4 aliphatic rings. The molecular formula is C25H32O4. The first-order valence-corrected chi connectivity index (χ1v) is 11.2. The van der Waals surface area contributed by atoms with Crippen LogP contribution in [0.2, 0.25) is 0 Å². The number of hydrogen-bond acceptors (Lipinski definition) is 4. The highest BCUT2D eigenvalue weighted by atomic mass is 16.6. The number of rotatable bonds is 3. The van der Waals surface area contributed by atoms with Gasteiger partial charge in [-0.3, -0.25) is 14.4 Å². The second-order valence-electron chi connectivity index (χ2n) is 9.74. The van der Waals surface area contributed by atoms with E-state index in [1.807, 2.05) is 0 Å². The smallest absolute Gasteiger partial charge is 0.304 e. The fourth-order valence-corrected chi connectivity index (χ4v) is 7.80. The molecule has 3 fully saturated rings. The van der Waals surface area contributed by atoms with Gasteiger partial charge in [0.2, 0.25) is 0 Å². The summed E-state index contributed by atoms with van der Waals surface area (Å²) < 4.78 is 5.89. The van der Waals surface area contributed by atoms with Gasteiger partial charge in [0.05, 0.1) is 0 Å². The van der Waals surface area contributed by atoms with E-state index in [-0.39, 0.29) is 28.9 Å². The van der Waals surface area contributed by atoms with Crippen molar-refractivity contribution in [1.29, 1.82) is 0 Å². The van der Waals surface area contributed by atoms with Gasteiger partial charge < -0.3 is 4.74 Å². The third-order valence-electron chi connectivity index (χ3n) is 8.87. The molecule has 0 aromatic carbocycles. The van der Waals surface area contributed by atoms with Gasteiger partial charge in [-0.2, -0.15) is 0 Å². The second kappa shape index (κ2) is 7.11. The van der Waals surface area contributed by atoms with Gasteiger partial charge in [0.15, 0.2) is 11.4 Å². The topological polar surface area (TPSA) is 60.4 Å². The first-order chi connectivity index (χ1) is 13.8. The number of carbonyl (C=O) groups excluding carboxylic acids is 3. The number of carbonyl (C=O) groups is 3. The maximum Gasteiger partial charge on any atom is 0.304 e. The Balaban J connectivity index is 1.74. The number of fused-ring (bicyclic) bond motifs is 5. The van der Waals surface area contributed by atoms with Crippen molar-refractivity contribution < 1.29 is 19.1 Å². The molecule has 0 aromatic heterocycles. The molecule has 0 spiro atoms. The summed E-state index contributed by atoms with van der Waals surface area (Å²) in [6, 6.07) is 0. The molecule has 4 rings (SSSR count). The van der Waals surface area contributed by atoms with Crippen molar-refractivity contribution in [2.75, 3.05) is 0 Å². The van der Waals surface area contributed by atoms with Gasteiger partial charge in [0.1, 0.15) is 5.78 Å². The van der Waals surface area contributed by atoms with Crippen molar-refractivity contribution in [2.45, 2.75) is 77.7 Å². The minimum absolute atomic E-state index is 0.146. The van der Waals surface area contributed by atoms with Gasteiger partial charge in [-0.25, -0.2) is 0 Å². The second-order valence-corrected chi connectivity index (χ2v) is 9.74. The maximum atomic E-state index is 12.6. The summed E-state index contributed by atoms with van der Waals surface area (Å²) in [6.45, 7) is 5.28. The minimum Gasteiger partial charge on any atom is -0.445 e. The van der Waals surface area contributed by atoms with E-state index < -0.39 is 5.60 Å². The molecule has 0 N–H and O–H groups in total. The number of esters is 1. The largest absolute Gasteiger partial charge is 0.445 e. The molecule has 4 aliphatic carbocycles. The first kappa shape index (κ1) is 20.4.